The molecule has 0 saturated heterocycles. The van der Waals surface area contributed by atoms with Crippen LogP contribution in [0.5, 0.6) is 5.75 Å². The molecule has 0 bridgehead atoms. The van der Waals surface area contributed by atoms with Crippen LogP contribution in [-0.2, 0) is 30.9 Å². The van der Waals surface area contributed by atoms with Crippen LogP contribution in [0.4, 0.5) is 5.69 Å². The zero-order valence-electron chi connectivity index (χ0n) is 20.1. The Bertz CT molecular complexity index is 1520. The minimum absolute atomic E-state index is 0.0866. The fourth-order valence-corrected chi connectivity index (χ4v) is 5.07. The molecular formula is C26H23BrN2O7S. The first-order chi connectivity index (χ1) is 17.6. The molecule has 1 aromatic heterocycles. The number of rotatable bonds is 8. The number of allylic oxidation sites excluding steroid dienone is 1. The van der Waals surface area contributed by atoms with Gasteiger partial charge in [0.1, 0.15) is 17.3 Å². The molecule has 0 unspecified atom stereocenters. The summed E-state index contributed by atoms with van der Waals surface area (Å²) in [5.74, 6) is 0.0267. The molecule has 0 aliphatic carbocycles. The number of sulfonamides is 1. The summed E-state index contributed by atoms with van der Waals surface area (Å²) in [6.07, 6.45) is 1.44. The number of hydrogen-bond donors (Lipinski definition) is 1. The molecule has 37 heavy (non-hydrogen) atoms. The third-order valence-electron chi connectivity index (χ3n) is 5.63. The van der Waals surface area contributed by atoms with Crippen molar-refractivity contribution < 1.29 is 31.9 Å². The highest BCUT2D eigenvalue weighted by atomic mass is 79.9. The number of amides is 1. The number of carbonyl (C=O) groups excluding carboxylic acids is 2. The van der Waals surface area contributed by atoms with E-state index in [9.17, 15) is 18.0 Å². The maximum Gasteiger partial charge on any atom is 0.340 e. The lowest BCUT2D eigenvalue weighted by Crippen LogP contribution is -2.24. The second kappa shape index (κ2) is 10.8. The third-order valence-corrected chi connectivity index (χ3v) is 7.58. The highest BCUT2D eigenvalue weighted by molar-refractivity contribution is 9.10. The van der Waals surface area contributed by atoms with Gasteiger partial charge in [-0.3, -0.25) is 9.69 Å². The van der Waals surface area contributed by atoms with Crippen LogP contribution in [0, 0.1) is 0 Å². The van der Waals surface area contributed by atoms with Gasteiger partial charge in [0.05, 0.1) is 42.5 Å². The van der Waals surface area contributed by atoms with E-state index in [1.54, 1.807) is 55.5 Å². The van der Waals surface area contributed by atoms with Crippen molar-refractivity contribution in [1.82, 2.24) is 4.72 Å². The number of furan rings is 1. The van der Waals surface area contributed by atoms with Gasteiger partial charge in [-0.1, -0.05) is 22.0 Å². The van der Waals surface area contributed by atoms with E-state index in [-0.39, 0.29) is 28.3 Å². The monoisotopic (exact) mass is 586 g/mol. The lowest BCUT2D eigenvalue weighted by molar-refractivity contribution is -0.136. The molecular weight excluding hydrogens is 564 g/mol. The van der Waals surface area contributed by atoms with Gasteiger partial charge in [-0.25, -0.2) is 17.9 Å². The summed E-state index contributed by atoms with van der Waals surface area (Å²) in [7, 11) is -1.000. The van der Waals surface area contributed by atoms with Gasteiger partial charge < -0.3 is 13.9 Å². The number of esters is 1. The average Bonchev–Trinajstić information content (AvgIpc) is 3.44. The minimum Gasteiger partial charge on any atom is -0.497 e. The molecule has 0 radical (unpaired) electrons. The fourth-order valence-electron chi connectivity index (χ4n) is 3.81. The Balaban J connectivity index is 1.60. The van der Waals surface area contributed by atoms with Crippen molar-refractivity contribution in [3.63, 3.8) is 0 Å². The topological polar surface area (TPSA) is 115 Å². The highest BCUT2D eigenvalue weighted by Crippen LogP contribution is 2.36. The maximum atomic E-state index is 13.4. The molecule has 11 heteroatoms. The van der Waals surface area contributed by atoms with Crippen molar-refractivity contribution in [2.24, 2.45) is 0 Å². The second-order valence-electron chi connectivity index (χ2n) is 7.93. The van der Waals surface area contributed by atoms with Crippen LogP contribution in [0.15, 0.2) is 91.3 Å². The molecule has 1 amide bonds. The summed E-state index contributed by atoms with van der Waals surface area (Å²) < 4.78 is 44.3. The third kappa shape index (κ3) is 5.53. The number of halogens is 1. The van der Waals surface area contributed by atoms with Crippen molar-refractivity contribution in [2.45, 2.75) is 18.4 Å². The molecule has 0 atom stereocenters. The molecule has 1 N–H and O–H groups in total. The standard InChI is InChI=1S/C26H23BrN2O7S/c1-16-24(26(31)35-3)23(25(30)29(16)18-5-4-6-19(13-18)34-2)14-20-9-10-21(36-20)15-28-37(32,33)22-11-7-17(27)8-12-22/h4-14,28H,15H2,1-3H3/b23-14+. The molecule has 192 valence electrons. The Labute approximate surface area is 222 Å². The average molecular weight is 587 g/mol. The van der Waals surface area contributed by atoms with Gasteiger partial charge >= 0.3 is 5.97 Å². The first-order valence-electron chi connectivity index (χ1n) is 11.0. The summed E-state index contributed by atoms with van der Waals surface area (Å²) in [6, 6.07) is 16.3. The molecule has 0 spiro atoms. The summed E-state index contributed by atoms with van der Waals surface area (Å²) >= 11 is 3.27. The quantitative estimate of drug-likeness (QED) is 0.307. The molecule has 2 aromatic carbocycles. The van der Waals surface area contributed by atoms with Crippen molar-refractivity contribution >= 4 is 49.6 Å². The number of ether oxygens (including phenoxy) is 2. The largest absolute Gasteiger partial charge is 0.497 e. The predicted octanol–water partition coefficient (Wildman–Crippen LogP) is 4.41. The second-order valence-corrected chi connectivity index (χ2v) is 10.6. The lowest BCUT2D eigenvalue weighted by Gasteiger charge is -2.18. The van der Waals surface area contributed by atoms with Gasteiger partial charge in [-0.15, -0.1) is 0 Å². The van der Waals surface area contributed by atoms with Crippen LogP contribution in [0.3, 0.4) is 0 Å². The van der Waals surface area contributed by atoms with Crippen LogP contribution in [-0.4, -0.2) is 34.5 Å². The van der Waals surface area contributed by atoms with E-state index in [2.05, 4.69) is 20.7 Å². The SMILES string of the molecule is COC(=O)C1=C(C)N(c2cccc(OC)c2)C(=O)/C1=C/c1ccc(CNS(=O)(=O)c2ccc(Br)cc2)o1. The molecule has 4 rings (SSSR count). The van der Waals surface area contributed by atoms with Crippen molar-refractivity contribution in [1.29, 1.82) is 0 Å². The number of methoxy groups -OCH3 is 2. The van der Waals surface area contributed by atoms with E-state index in [0.29, 0.717) is 22.9 Å². The number of nitrogens with zero attached hydrogens (tertiary/aromatic N) is 1. The molecule has 9 nitrogen and oxygen atoms in total. The van der Waals surface area contributed by atoms with Crippen molar-refractivity contribution in [2.75, 3.05) is 19.1 Å². The summed E-state index contributed by atoms with van der Waals surface area (Å²) in [6.45, 7) is 1.54. The number of anilines is 1. The van der Waals surface area contributed by atoms with Crippen LogP contribution in [0.2, 0.25) is 0 Å². The zero-order chi connectivity index (χ0) is 26.7. The Hall–Kier alpha value is -3.67. The first kappa shape index (κ1) is 26.4. The van der Waals surface area contributed by atoms with E-state index < -0.39 is 21.9 Å². The Kier molecular flexibility index (Phi) is 7.67. The van der Waals surface area contributed by atoms with Crippen LogP contribution < -0.4 is 14.4 Å². The normalized spacial score (nSPS) is 15.0. The van der Waals surface area contributed by atoms with Gasteiger partial charge in [0.15, 0.2) is 0 Å². The van der Waals surface area contributed by atoms with Crippen LogP contribution >= 0.6 is 15.9 Å². The highest BCUT2D eigenvalue weighted by Gasteiger charge is 2.38. The number of nitrogens with one attached hydrogen (secondary N) is 1. The van der Waals surface area contributed by atoms with E-state index >= 15 is 0 Å². The summed E-state index contributed by atoms with van der Waals surface area (Å²) in [4.78, 5) is 27.5. The lowest BCUT2D eigenvalue weighted by atomic mass is 10.1. The summed E-state index contributed by atoms with van der Waals surface area (Å²) in [5.41, 5.74) is 1.10. The fraction of sp³-hybridized carbons (Fsp3) is 0.154. The maximum absolute atomic E-state index is 13.4. The van der Waals surface area contributed by atoms with Crippen LogP contribution in [0.25, 0.3) is 6.08 Å². The first-order valence-corrected chi connectivity index (χ1v) is 13.3. The van der Waals surface area contributed by atoms with Crippen LogP contribution in [0.1, 0.15) is 18.4 Å². The number of carbonyl (C=O) groups is 2. The van der Waals surface area contributed by atoms with Gasteiger partial charge in [0.2, 0.25) is 10.0 Å². The van der Waals surface area contributed by atoms with Crippen molar-refractivity contribution in [3.8, 4) is 5.75 Å². The van der Waals surface area contributed by atoms with E-state index in [1.165, 1.54) is 37.3 Å². The molecule has 0 fully saturated rings. The molecule has 3 aromatic rings. The van der Waals surface area contributed by atoms with E-state index in [0.717, 1.165) is 4.47 Å². The zero-order valence-corrected chi connectivity index (χ0v) is 22.6. The number of hydrogen-bond acceptors (Lipinski definition) is 7. The minimum atomic E-state index is -3.76. The van der Waals surface area contributed by atoms with Gasteiger partial charge in [0.25, 0.3) is 5.91 Å². The molecule has 0 saturated carbocycles. The summed E-state index contributed by atoms with van der Waals surface area (Å²) in [5, 5.41) is 0. The molecule has 1 aliphatic rings. The smallest absolute Gasteiger partial charge is 0.340 e. The molecule has 1 aliphatic heterocycles. The van der Waals surface area contributed by atoms with Crippen molar-refractivity contribution in [3.05, 3.63) is 93.5 Å². The molecule has 2 heterocycles. The van der Waals surface area contributed by atoms with E-state index in [1.807, 2.05) is 0 Å². The Morgan fingerprint density at radius 3 is 2.51 bits per heavy atom. The Morgan fingerprint density at radius 2 is 1.84 bits per heavy atom. The number of benzene rings is 2. The van der Waals surface area contributed by atoms with Gasteiger partial charge in [-0.05, 0) is 61.5 Å². The Morgan fingerprint density at radius 1 is 1.11 bits per heavy atom. The predicted molar refractivity (Wildman–Crippen MR) is 140 cm³/mol. The van der Waals surface area contributed by atoms with Gasteiger partial charge in [0, 0.05) is 16.2 Å². The van der Waals surface area contributed by atoms with Gasteiger partial charge in [-0.2, -0.15) is 0 Å². The van der Waals surface area contributed by atoms with E-state index in [4.69, 9.17) is 13.9 Å².